The number of hydrogen-bond donors (Lipinski definition) is 3. The van der Waals surface area contributed by atoms with Crippen molar-refractivity contribution in [1.82, 2.24) is 30.3 Å². The summed E-state index contributed by atoms with van der Waals surface area (Å²) in [6, 6.07) is 6.25. The highest BCUT2D eigenvalue weighted by molar-refractivity contribution is 5.74. The van der Waals surface area contributed by atoms with Gasteiger partial charge in [0, 0.05) is 45.1 Å². The molecule has 0 amide bonds. The first kappa shape index (κ1) is 28.2. The van der Waals surface area contributed by atoms with Crippen molar-refractivity contribution in [1.29, 1.82) is 0 Å². The molecule has 3 N–H and O–H groups in total. The van der Waals surface area contributed by atoms with Gasteiger partial charge in [-0.25, -0.2) is 14.6 Å². The van der Waals surface area contributed by atoms with Crippen LogP contribution in [0.4, 0.5) is 32.2 Å². The van der Waals surface area contributed by atoms with Gasteiger partial charge in [-0.1, -0.05) is 6.07 Å². The molecule has 1 fully saturated rings. The molecule has 17 heteroatoms. The lowest BCUT2D eigenvalue weighted by atomic mass is 10.1. The fourth-order valence-corrected chi connectivity index (χ4v) is 2.83. The van der Waals surface area contributed by atoms with E-state index in [4.69, 9.17) is 19.8 Å². The van der Waals surface area contributed by atoms with Crippen LogP contribution in [-0.4, -0.2) is 91.0 Å². The Morgan fingerprint density at radius 3 is 1.94 bits per heavy atom. The molecule has 2 aromatic heterocycles. The van der Waals surface area contributed by atoms with E-state index in [-0.39, 0.29) is 0 Å². The van der Waals surface area contributed by atoms with Gasteiger partial charge >= 0.3 is 24.3 Å². The van der Waals surface area contributed by atoms with Gasteiger partial charge < -0.3 is 15.1 Å². The van der Waals surface area contributed by atoms with E-state index in [1.807, 2.05) is 12.3 Å². The number of aliphatic carboxylic acids is 2. The molecule has 0 aliphatic carbocycles. The van der Waals surface area contributed by atoms with E-state index >= 15 is 0 Å². The Kier molecular flexibility index (Phi) is 9.48. The Hall–Kier alpha value is -4.02. The molecule has 0 saturated carbocycles. The number of halogens is 6. The number of rotatable bonds is 3. The van der Waals surface area contributed by atoms with Gasteiger partial charge in [-0.05, 0) is 17.7 Å². The molecule has 196 valence electrons. The molecule has 1 saturated heterocycles. The zero-order valence-corrected chi connectivity index (χ0v) is 18.2. The minimum Gasteiger partial charge on any atom is -0.475 e. The van der Waals surface area contributed by atoms with Crippen molar-refractivity contribution in [3.63, 3.8) is 0 Å². The molecule has 0 spiro atoms. The first-order chi connectivity index (χ1) is 16.8. The van der Waals surface area contributed by atoms with Crippen LogP contribution in [0.2, 0.25) is 0 Å². The lowest BCUT2D eigenvalue weighted by Crippen LogP contribution is -2.46. The second kappa shape index (κ2) is 12.1. The Morgan fingerprint density at radius 1 is 0.889 bits per heavy atom. The second-order valence-electron chi connectivity index (χ2n) is 7.08. The average Bonchev–Trinajstić information content (AvgIpc) is 3.28. The van der Waals surface area contributed by atoms with Gasteiger partial charge in [-0.15, -0.1) is 0 Å². The Morgan fingerprint density at radius 2 is 1.44 bits per heavy atom. The Bertz CT molecular complexity index is 1110. The summed E-state index contributed by atoms with van der Waals surface area (Å²) in [6.07, 6.45) is -4.89. The highest BCUT2D eigenvalue weighted by atomic mass is 19.4. The third-order valence-corrected chi connectivity index (χ3v) is 4.52. The average molecular weight is 523 g/mol. The van der Waals surface area contributed by atoms with Gasteiger partial charge in [0.05, 0.1) is 6.20 Å². The van der Waals surface area contributed by atoms with Crippen molar-refractivity contribution >= 4 is 28.8 Å². The number of nitrogens with one attached hydrogen (secondary N) is 1. The maximum atomic E-state index is 10.6. The SMILES string of the molecule is O=C(O)C(F)(F)F.O=C(O)C(F)(F)F.c1cnc(N2CCN(Cc3ccc4n[nH]nc4c3)CC2)cn1. The largest absolute Gasteiger partial charge is 0.490 e. The minimum atomic E-state index is -5.08. The molecule has 1 aliphatic rings. The van der Waals surface area contributed by atoms with Crippen LogP contribution in [0.15, 0.2) is 36.8 Å². The van der Waals surface area contributed by atoms with Crippen molar-refractivity contribution in [2.24, 2.45) is 0 Å². The normalized spacial score (nSPS) is 14.3. The predicted molar refractivity (Wildman–Crippen MR) is 111 cm³/mol. The highest BCUT2D eigenvalue weighted by Gasteiger charge is 2.38. The number of carboxylic acid groups (broad SMARTS) is 2. The van der Waals surface area contributed by atoms with E-state index in [1.165, 1.54) is 5.56 Å². The molecule has 36 heavy (non-hydrogen) atoms. The van der Waals surface area contributed by atoms with Crippen LogP contribution >= 0.6 is 0 Å². The van der Waals surface area contributed by atoms with Crippen LogP contribution in [0.1, 0.15) is 5.56 Å². The third-order valence-electron chi connectivity index (χ3n) is 4.52. The second-order valence-corrected chi connectivity index (χ2v) is 7.08. The summed E-state index contributed by atoms with van der Waals surface area (Å²) in [7, 11) is 0. The lowest BCUT2D eigenvalue weighted by molar-refractivity contribution is -0.193. The summed E-state index contributed by atoms with van der Waals surface area (Å²) in [5.41, 5.74) is 3.11. The van der Waals surface area contributed by atoms with Crippen molar-refractivity contribution in [2.45, 2.75) is 18.9 Å². The fourth-order valence-electron chi connectivity index (χ4n) is 2.83. The first-order valence-corrected chi connectivity index (χ1v) is 9.90. The maximum absolute atomic E-state index is 10.6. The third kappa shape index (κ3) is 8.97. The van der Waals surface area contributed by atoms with Crippen LogP contribution < -0.4 is 4.90 Å². The van der Waals surface area contributed by atoms with Crippen LogP contribution in [0.25, 0.3) is 11.0 Å². The molecule has 0 bridgehead atoms. The molecule has 0 radical (unpaired) electrons. The number of carbonyl (C=O) groups is 2. The summed E-state index contributed by atoms with van der Waals surface area (Å²) in [4.78, 5) is 31.0. The quantitative estimate of drug-likeness (QED) is 0.437. The monoisotopic (exact) mass is 523 g/mol. The number of nitrogens with zero attached hydrogens (tertiary/aromatic N) is 6. The van der Waals surface area contributed by atoms with Gasteiger partial charge in [-0.3, -0.25) is 9.88 Å². The van der Waals surface area contributed by atoms with Gasteiger partial charge in [0.1, 0.15) is 16.9 Å². The number of aromatic nitrogens is 5. The van der Waals surface area contributed by atoms with Crippen LogP contribution in [0, 0.1) is 0 Å². The van der Waals surface area contributed by atoms with Crippen molar-refractivity contribution in [2.75, 3.05) is 31.1 Å². The number of anilines is 1. The number of carboxylic acids is 2. The van der Waals surface area contributed by atoms with E-state index in [9.17, 15) is 26.3 Å². The minimum absolute atomic E-state index is 0.913. The summed E-state index contributed by atoms with van der Waals surface area (Å²) < 4.78 is 63.5. The zero-order chi connectivity index (χ0) is 26.9. The fraction of sp³-hybridized carbons (Fsp3) is 0.368. The number of alkyl halides is 6. The summed E-state index contributed by atoms with van der Waals surface area (Å²) in [5.74, 6) is -4.55. The molecular weight excluding hydrogens is 504 g/mol. The van der Waals surface area contributed by atoms with E-state index in [0.717, 1.165) is 49.6 Å². The smallest absolute Gasteiger partial charge is 0.475 e. The molecule has 3 heterocycles. The summed E-state index contributed by atoms with van der Waals surface area (Å²) in [6.45, 7) is 4.94. The number of hydrogen-bond acceptors (Lipinski definition) is 8. The van der Waals surface area contributed by atoms with Crippen molar-refractivity contribution < 1.29 is 46.1 Å². The lowest BCUT2D eigenvalue weighted by Gasteiger charge is -2.35. The van der Waals surface area contributed by atoms with E-state index < -0.39 is 24.3 Å². The Balaban J connectivity index is 0.000000271. The molecule has 0 atom stereocenters. The number of fused-ring (bicyclic) bond motifs is 1. The van der Waals surface area contributed by atoms with Crippen LogP contribution in [0.5, 0.6) is 0 Å². The van der Waals surface area contributed by atoms with E-state index in [2.05, 4.69) is 47.3 Å². The van der Waals surface area contributed by atoms with Gasteiger partial charge in [0.2, 0.25) is 0 Å². The van der Waals surface area contributed by atoms with E-state index in [0.29, 0.717) is 0 Å². The summed E-state index contributed by atoms with van der Waals surface area (Å²) in [5, 5.41) is 25.1. The predicted octanol–water partition coefficient (Wildman–Crippen LogP) is 2.34. The maximum Gasteiger partial charge on any atom is 0.490 e. The number of aromatic amines is 1. The molecule has 11 nitrogen and oxygen atoms in total. The van der Waals surface area contributed by atoms with Crippen molar-refractivity contribution in [3.05, 3.63) is 42.4 Å². The Labute approximate surface area is 198 Å². The van der Waals surface area contributed by atoms with Crippen molar-refractivity contribution in [3.8, 4) is 0 Å². The topological polar surface area (TPSA) is 148 Å². The number of benzene rings is 1. The first-order valence-electron chi connectivity index (χ1n) is 9.90. The number of piperazine rings is 1. The molecule has 1 aromatic carbocycles. The summed E-state index contributed by atoms with van der Waals surface area (Å²) >= 11 is 0. The van der Waals surface area contributed by atoms with Crippen LogP contribution in [0.3, 0.4) is 0 Å². The highest BCUT2D eigenvalue weighted by Crippen LogP contribution is 2.16. The number of H-pyrrole nitrogens is 1. The van der Waals surface area contributed by atoms with Gasteiger partial charge in [-0.2, -0.15) is 41.8 Å². The molecule has 4 rings (SSSR count). The van der Waals surface area contributed by atoms with E-state index in [1.54, 1.807) is 12.4 Å². The van der Waals surface area contributed by atoms with Gasteiger partial charge in [0.25, 0.3) is 0 Å². The molecule has 1 aliphatic heterocycles. The van der Waals surface area contributed by atoms with Gasteiger partial charge in [0.15, 0.2) is 0 Å². The zero-order valence-electron chi connectivity index (χ0n) is 18.2. The van der Waals surface area contributed by atoms with Crippen LogP contribution in [-0.2, 0) is 16.1 Å². The molecule has 3 aromatic rings. The molecular formula is C19H19F6N7O4. The molecule has 0 unspecified atom stereocenters. The standard InChI is InChI=1S/C15H17N7.2C2HF3O2/c1-2-13-14(19-20-18-13)9-12(1)11-21-5-7-22(8-6-21)15-10-16-3-4-17-15;2*3-2(4,5)1(6)7/h1-4,9-10H,5-8,11H2,(H,18,19,20);2*(H,6,7).